The fraction of sp³-hybridized carbons (Fsp3) is 0.417. The molecule has 35 heavy (non-hydrogen) atoms. The normalized spacial score (nSPS) is 18.2. The number of fused-ring (bicyclic) bond motifs is 1. The summed E-state index contributed by atoms with van der Waals surface area (Å²) < 4.78 is 29.1. The van der Waals surface area contributed by atoms with Gasteiger partial charge in [-0.3, -0.25) is 14.6 Å². The molecule has 3 N–H and O–H groups in total. The van der Waals surface area contributed by atoms with E-state index in [1.165, 1.54) is 21.9 Å². The van der Waals surface area contributed by atoms with Gasteiger partial charge >= 0.3 is 6.03 Å². The summed E-state index contributed by atoms with van der Waals surface area (Å²) in [6, 6.07) is 9.10. The summed E-state index contributed by atoms with van der Waals surface area (Å²) in [6.45, 7) is 2.52. The van der Waals surface area contributed by atoms with Crippen molar-refractivity contribution in [3.63, 3.8) is 0 Å². The Labute approximate surface area is 203 Å². The minimum absolute atomic E-state index is 0.0191. The predicted octanol–water partition coefficient (Wildman–Crippen LogP) is 0.631. The number of nitrogens with zero attached hydrogens (tertiary/aromatic N) is 2. The Morgan fingerprint density at radius 3 is 2.40 bits per heavy atom. The number of nitrogens with one attached hydrogen (secondary N) is 1. The molecule has 10 nitrogen and oxygen atoms in total. The molecule has 186 valence electrons. The molecule has 0 radical (unpaired) electrons. The quantitative estimate of drug-likeness (QED) is 0.287. The summed E-state index contributed by atoms with van der Waals surface area (Å²) >= 11 is 0. The van der Waals surface area contributed by atoms with Crippen LogP contribution >= 0.6 is 0 Å². The van der Waals surface area contributed by atoms with E-state index in [9.17, 15) is 23.1 Å². The molecule has 4 rings (SSSR count). The molecule has 2 aromatic rings. The lowest BCUT2D eigenvalue weighted by Gasteiger charge is -2.40. The molecule has 1 atom stereocenters. The first-order valence-electron chi connectivity index (χ1n) is 11.0. The minimum atomic E-state index is -3.84. The molecule has 2 amide bonds. The van der Waals surface area contributed by atoms with E-state index in [2.05, 4.69) is 11.8 Å². The number of hydroxylamine groups is 1. The van der Waals surface area contributed by atoms with Crippen LogP contribution in [0.5, 0.6) is 0 Å². The molecule has 2 aliphatic rings. The van der Waals surface area contributed by atoms with E-state index >= 15 is 0 Å². The zero-order valence-electron chi connectivity index (χ0n) is 19.4. The van der Waals surface area contributed by atoms with Crippen molar-refractivity contribution >= 4 is 21.8 Å². The molecule has 3 heterocycles. The van der Waals surface area contributed by atoms with Gasteiger partial charge in [-0.2, -0.15) is 0 Å². The zero-order valence-corrected chi connectivity index (χ0v) is 20.3. The van der Waals surface area contributed by atoms with Crippen molar-refractivity contribution < 1.29 is 33.1 Å². The number of carbonyl (C=O) groups excluding carboxylic acids is 2. The number of sulfone groups is 1. The second-order valence-electron chi connectivity index (χ2n) is 9.25. The van der Waals surface area contributed by atoms with Crippen molar-refractivity contribution in [1.29, 1.82) is 0 Å². The highest BCUT2D eigenvalue weighted by atomic mass is 32.2. The van der Waals surface area contributed by atoms with E-state index in [1.807, 2.05) is 24.3 Å². The third-order valence-electron chi connectivity index (χ3n) is 6.90. The first-order chi connectivity index (χ1) is 16.5. The fourth-order valence-electron chi connectivity index (χ4n) is 4.15. The first kappa shape index (κ1) is 24.9. The number of rotatable bonds is 7. The Hall–Kier alpha value is -3.17. The topological polar surface area (TPSA) is 138 Å². The summed E-state index contributed by atoms with van der Waals surface area (Å²) in [5.74, 6) is 5.08. The van der Waals surface area contributed by atoms with E-state index in [0.29, 0.717) is 24.5 Å². The van der Waals surface area contributed by atoms with Crippen LogP contribution in [0, 0.1) is 11.8 Å². The van der Waals surface area contributed by atoms with Crippen LogP contribution in [-0.4, -0.2) is 77.5 Å². The van der Waals surface area contributed by atoms with E-state index < -0.39 is 20.5 Å². The van der Waals surface area contributed by atoms with Crippen LogP contribution < -0.4 is 5.48 Å². The highest BCUT2D eigenvalue weighted by Crippen LogP contribution is 2.32. The van der Waals surface area contributed by atoms with Gasteiger partial charge in [0.25, 0.3) is 5.91 Å². The molecule has 0 bridgehead atoms. The SMILES string of the molecule is C[C@@](CCN1Cc2cc(C#Cc3ccc(C4(CO)COC4)cc3)cn2C1=O)(C(=O)NO)S(C)(=O)=O. The standard InChI is InChI=1S/C24H27N3O7S/c1-23(21(29)25-31,35(2,32)33)9-10-26-13-20-11-18(12-27(20)22(26)30)4-3-17-5-7-19(8-6-17)24(14-28)15-34-16-24/h5-8,11-12,28,31H,9-10,13-16H2,1-2H3,(H,25,29)/t23-/m1/s1. The third-order valence-corrected chi connectivity index (χ3v) is 8.92. The van der Waals surface area contributed by atoms with Crippen molar-refractivity contribution in [1.82, 2.24) is 14.9 Å². The van der Waals surface area contributed by atoms with Gasteiger partial charge in [-0.25, -0.2) is 18.7 Å². The number of ether oxygens (including phenoxy) is 1. The van der Waals surface area contributed by atoms with Gasteiger partial charge in [-0.15, -0.1) is 0 Å². The second kappa shape index (κ2) is 9.13. The number of hydrogen-bond donors (Lipinski definition) is 3. The molecular weight excluding hydrogens is 474 g/mol. The third kappa shape index (κ3) is 4.46. The van der Waals surface area contributed by atoms with Crippen molar-refractivity contribution in [3.8, 4) is 11.8 Å². The van der Waals surface area contributed by atoms with Gasteiger partial charge in [0, 0.05) is 35.8 Å². The largest absolute Gasteiger partial charge is 0.395 e. The lowest BCUT2D eigenvalue weighted by molar-refractivity contribution is -0.131. The molecule has 1 aromatic carbocycles. The number of carbonyl (C=O) groups is 2. The van der Waals surface area contributed by atoms with Crippen LogP contribution in [0.4, 0.5) is 4.79 Å². The van der Waals surface area contributed by atoms with Gasteiger partial charge in [0.15, 0.2) is 14.6 Å². The summed E-state index contributed by atoms with van der Waals surface area (Å²) in [7, 11) is -3.84. The van der Waals surface area contributed by atoms with E-state index in [4.69, 9.17) is 9.94 Å². The lowest BCUT2D eigenvalue weighted by atomic mass is 9.79. The van der Waals surface area contributed by atoms with Gasteiger partial charge in [0.2, 0.25) is 0 Å². The van der Waals surface area contributed by atoms with Crippen molar-refractivity contribution in [2.45, 2.75) is 30.1 Å². The van der Waals surface area contributed by atoms with Crippen LogP contribution in [0.2, 0.25) is 0 Å². The Bertz CT molecular complexity index is 1310. The zero-order chi connectivity index (χ0) is 25.4. The molecule has 0 aliphatic carbocycles. The number of aliphatic hydroxyl groups excluding tert-OH is 1. The lowest BCUT2D eigenvalue weighted by Crippen LogP contribution is -2.50. The van der Waals surface area contributed by atoms with Crippen molar-refractivity contribution in [2.24, 2.45) is 0 Å². The molecule has 1 fully saturated rings. The molecular formula is C24H27N3O7S. The van der Waals surface area contributed by atoms with Crippen LogP contribution in [0.1, 0.15) is 35.7 Å². The number of amides is 2. The Kier molecular flexibility index (Phi) is 6.50. The van der Waals surface area contributed by atoms with Crippen molar-refractivity contribution in [3.05, 3.63) is 58.9 Å². The molecule has 0 saturated carbocycles. The number of aromatic nitrogens is 1. The Balaban J connectivity index is 1.42. The summed E-state index contributed by atoms with van der Waals surface area (Å²) in [5, 5.41) is 18.6. The minimum Gasteiger partial charge on any atom is -0.395 e. The van der Waals surface area contributed by atoms with Crippen LogP contribution in [0.25, 0.3) is 0 Å². The van der Waals surface area contributed by atoms with Gasteiger partial charge in [0.1, 0.15) is 0 Å². The number of benzene rings is 1. The van der Waals surface area contributed by atoms with Crippen LogP contribution in [-0.2, 0) is 31.3 Å². The number of hydrogen-bond acceptors (Lipinski definition) is 7. The Morgan fingerprint density at radius 1 is 1.23 bits per heavy atom. The summed E-state index contributed by atoms with van der Waals surface area (Å²) in [5.41, 5.74) is 4.25. The summed E-state index contributed by atoms with van der Waals surface area (Å²) in [6.07, 6.45) is 2.38. The maximum absolute atomic E-state index is 12.8. The maximum Gasteiger partial charge on any atom is 0.328 e. The Morgan fingerprint density at radius 2 is 1.89 bits per heavy atom. The average Bonchev–Trinajstić information content (AvgIpc) is 3.33. The molecule has 1 saturated heterocycles. The smallest absolute Gasteiger partial charge is 0.328 e. The maximum atomic E-state index is 12.8. The number of aliphatic hydroxyl groups is 1. The van der Waals surface area contributed by atoms with E-state index in [-0.39, 0.29) is 37.6 Å². The van der Waals surface area contributed by atoms with Gasteiger partial charge < -0.3 is 14.7 Å². The monoisotopic (exact) mass is 501 g/mol. The molecule has 0 unspecified atom stereocenters. The van der Waals surface area contributed by atoms with Gasteiger partial charge in [0.05, 0.1) is 31.8 Å². The van der Waals surface area contributed by atoms with E-state index in [0.717, 1.165) is 17.4 Å². The highest BCUT2D eigenvalue weighted by molar-refractivity contribution is 7.92. The van der Waals surface area contributed by atoms with Gasteiger partial charge in [-0.1, -0.05) is 24.0 Å². The van der Waals surface area contributed by atoms with Gasteiger partial charge in [-0.05, 0) is 37.1 Å². The summed E-state index contributed by atoms with van der Waals surface area (Å²) in [4.78, 5) is 26.2. The molecule has 2 aliphatic heterocycles. The van der Waals surface area contributed by atoms with Crippen molar-refractivity contribution in [2.75, 3.05) is 32.6 Å². The molecule has 0 spiro atoms. The predicted molar refractivity (Wildman–Crippen MR) is 125 cm³/mol. The molecule has 1 aromatic heterocycles. The van der Waals surface area contributed by atoms with Crippen LogP contribution in [0.15, 0.2) is 36.5 Å². The van der Waals surface area contributed by atoms with Crippen LogP contribution in [0.3, 0.4) is 0 Å². The average molecular weight is 502 g/mol. The van der Waals surface area contributed by atoms with E-state index in [1.54, 1.807) is 12.3 Å². The highest BCUT2D eigenvalue weighted by Gasteiger charge is 2.44. The fourth-order valence-corrected chi connectivity index (χ4v) is 4.99. The molecule has 11 heteroatoms. The first-order valence-corrected chi connectivity index (χ1v) is 12.9. The second-order valence-corrected chi connectivity index (χ2v) is 11.7.